The fourth-order valence-electron chi connectivity index (χ4n) is 2.06. The predicted octanol–water partition coefficient (Wildman–Crippen LogP) is 3.45. The second-order valence-electron chi connectivity index (χ2n) is 4.90. The van der Waals surface area contributed by atoms with Gasteiger partial charge in [-0.1, -0.05) is 54.1 Å². The molecule has 0 aliphatic rings. The van der Waals surface area contributed by atoms with Crippen LogP contribution < -0.4 is 10.6 Å². The lowest BCUT2D eigenvalue weighted by molar-refractivity contribution is -0.118. The van der Waals surface area contributed by atoms with Crippen molar-refractivity contribution in [2.45, 2.75) is 13.0 Å². The van der Waals surface area contributed by atoms with E-state index < -0.39 is 6.04 Å². The maximum absolute atomic E-state index is 12.5. The van der Waals surface area contributed by atoms with E-state index in [1.54, 1.807) is 6.08 Å². The first kappa shape index (κ1) is 15.0. The molecule has 3 heteroatoms. The molecular formula is C18H20N2O. The van der Waals surface area contributed by atoms with Gasteiger partial charge < -0.3 is 5.32 Å². The van der Waals surface area contributed by atoms with Crippen molar-refractivity contribution in [1.82, 2.24) is 5.32 Å². The van der Waals surface area contributed by atoms with Crippen LogP contribution in [0.2, 0.25) is 0 Å². The second-order valence-corrected chi connectivity index (χ2v) is 4.90. The third-order valence-corrected chi connectivity index (χ3v) is 3.18. The van der Waals surface area contributed by atoms with E-state index in [4.69, 9.17) is 0 Å². The first-order valence-corrected chi connectivity index (χ1v) is 6.97. The van der Waals surface area contributed by atoms with Crippen LogP contribution >= 0.6 is 0 Å². The highest BCUT2D eigenvalue weighted by Crippen LogP contribution is 2.16. The predicted molar refractivity (Wildman–Crippen MR) is 87.2 cm³/mol. The SMILES string of the molecule is C=CCNC(C(=O)Nc1ccc(C)cc1)c1ccccc1. The van der Waals surface area contributed by atoms with Gasteiger partial charge in [0.05, 0.1) is 0 Å². The molecule has 0 saturated heterocycles. The van der Waals surface area contributed by atoms with Crippen LogP contribution in [0, 0.1) is 6.92 Å². The van der Waals surface area contributed by atoms with Crippen LogP contribution in [0.15, 0.2) is 67.3 Å². The quantitative estimate of drug-likeness (QED) is 0.796. The van der Waals surface area contributed by atoms with Gasteiger partial charge in [0, 0.05) is 12.2 Å². The highest BCUT2D eigenvalue weighted by atomic mass is 16.2. The van der Waals surface area contributed by atoms with Gasteiger partial charge in [0.25, 0.3) is 0 Å². The number of carbonyl (C=O) groups is 1. The Labute approximate surface area is 125 Å². The molecule has 0 aliphatic heterocycles. The first-order chi connectivity index (χ1) is 10.2. The van der Waals surface area contributed by atoms with Crippen molar-refractivity contribution in [3.63, 3.8) is 0 Å². The molecule has 2 rings (SSSR count). The highest BCUT2D eigenvalue weighted by Gasteiger charge is 2.19. The molecule has 21 heavy (non-hydrogen) atoms. The number of hydrogen-bond donors (Lipinski definition) is 2. The number of amides is 1. The smallest absolute Gasteiger partial charge is 0.246 e. The Kier molecular flexibility index (Phi) is 5.29. The zero-order valence-electron chi connectivity index (χ0n) is 12.2. The van der Waals surface area contributed by atoms with Gasteiger partial charge in [0.1, 0.15) is 6.04 Å². The lowest BCUT2D eigenvalue weighted by Crippen LogP contribution is -2.33. The van der Waals surface area contributed by atoms with Crippen LogP contribution in [-0.2, 0) is 4.79 Å². The highest BCUT2D eigenvalue weighted by molar-refractivity contribution is 5.95. The first-order valence-electron chi connectivity index (χ1n) is 6.97. The number of carbonyl (C=O) groups excluding carboxylic acids is 1. The molecule has 0 heterocycles. The average Bonchev–Trinajstić information content (AvgIpc) is 2.51. The topological polar surface area (TPSA) is 41.1 Å². The van der Waals surface area contributed by atoms with Crippen LogP contribution in [0.3, 0.4) is 0 Å². The van der Waals surface area contributed by atoms with Crippen molar-refractivity contribution in [1.29, 1.82) is 0 Å². The van der Waals surface area contributed by atoms with Crippen molar-refractivity contribution in [3.05, 3.63) is 78.4 Å². The number of anilines is 1. The summed E-state index contributed by atoms with van der Waals surface area (Å²) in [4.78, 5) is 12.5. The summed E-state index contributed by atoms with van der Waals surface area (Å²) >= 11 is 0. The van der Waals surface area contributed by atoms with Crippen LogP contribution in [0.4, 0.5) is 5.69 Å². The van der Waals surface area contributed by atoms with E-state index >= 15 is 0 Å². The molecule has 2 N–H and O–H groups in total. The van der Waals surface area contributed by atoms with Crippen molar-refractivity contribution < 1.29 is 4.79 Å². The average molecular weight is 280 g/mol. The van der Waals surface area contributed by atoms with Gasteiger partial charge in [-0.2, -0.15) is 0 Å². The van der Waals surface area contributed by atoms with Crippen LogP contribution in [0.1, 0.15) is 17.2 Å². The third-order valence-electron chi connectivity index (χ3n) is 3.18. The summed E-state index contributed by atoms with van der Waals surface area (Å²) in [7, 11) is 0. The van der Waals surface area contributed by atoms with Gasteiger partial charge in [-0.3, -0.25) is 10.1 Å². The fourth-order valence-corrected chi connectivity index (χ4v) is 2.06. The molecule has 1 amide bonds. The molecule has 0 bridgehead atoms. The van der Waals surface area contributed by atoms with Crippen LogP contribution in [-0.4, -0.2) is 12.5 Å². The molecule has 1 atom stereocenters. The van der Waals surface area contributed by atoms with E-state index in [1.807, 2.05) is 61.5 Å². The standard InChI is InChI=1S/C18H20N2O/c1-3-13-19-17(15-7-5-4-6-8-15)18(21)20-16-11-9-14(2)10-12-16/h3-12,17,19H,1,13H2,2H3,(H,20,21). The molecule has 2 aromatic carbocycles. The van der Waals surface area contributed by atoms with E-state index in [9.17, 15) is 4.79 Å². The Hall–Kier alpha value is -2.39. The van der Waals surface area contributed by atoms with Crippen LogP contribution in [0.5, 0.6) is 0 Å². The molecule has 0 aromatic heterocycles. The van der Waals surface area contributed by atoms with Gasteiger partial charge in [0.2, 0.25) is 5.91 Å². The van der Waals surface area contributed by atoms with Crippen molar-refractivity contribution in [2.24, 2.45) is 0 Å². The van der Waals surface area contributed by atoms with E-state index in [0.29, 0.717) is 6.54 Å². The molecule has 0 radical (unpaired) electrons. The molecule has 1 unspecified atom stereocenters. The Bertz CT molecular complexity index is 590. The minimum Gasteiger partial charge on any atom is -0.324 e. The molecule has 0 spiro atoms. The van der Waals surface area contributed by atoms with E-state index in [2.05, 4.69) is 17.2 Å². The van der Waals surface area contributed by atoms with E-state index in [0.717, 1.165) is 16.8 Å². The lowest BCUT2D eigenvalue weighted by Gasteiger charge is -2.18. The van der Waals surface area contributed by atoms with Gasteiger partial charge in [0.15, 0.2) is 0 Å². The zero-order chi connectivity index (χ0) is 15.1. The third kappa shape index (κ3) is 4.29. The van der Waals surface area contributed by atoms with Gasteiger partial charge in [-0.05, 0) is 24.6 Å². The number of aryl methyl sites for hydroxylation is 1. The number of benzene rings is 2. The lowest BCUT2D eigenvalue weighted by atomic mass is 10.1. The summed E-state index contributed by atoms with van der Waals surface area (Å²) < 4.78 is 0. The second kappa shape index (κ2) is 7.41. The monoisotopic (exact) mass is 280 g/mol. The molecule has 0 saturated carbocycles. The molecule has 0 aliphatic carbocycles. The summed E-state index contributed by atoms with van der Waals surface area (Å²) in [5, 5.41) is 6.13. The zero-order valence-corrected chi connectivity index (χ0v) is 12.2. The summed E-state index contributed by atoms with van der Waals surface area (Å²) in [5.41, 5.74) is 2.90. The molecule has 3 nitrogen and oxygen atoms in total. The molecular weight excluding hydrogens is 260 g/mol. The number of nitrogens with one attached hydrogen (secondary N) is 2. The minimum atomic E-state index is -0.398. The van der Waals surface area contributed by atoms with Crippen LogP contribution in [0.25, 0.3) is 0 Å². The van der Waals surface area contributed by atoms with Gasteiger partial charge in [-0.25, -0.2) is 0 Å². The Morgan fingerprint density at radius 3 is 2.43 bits per heavy atom. The number of rotatable bonds is 6. The van der Waals surface area contributed by atoms with E-state index in [-0.39, 0.29) is 5.91 Å². The van der Waals surface area contributed by atoms with Crippen molar-refractivity contribution in [2.75, 3.05) is 11.9 Å². The van der Waals surface area contributed by atoms with Gasteiger partial charge in [-0.15, -0.1) is 6.58 Å². The minimum absolute atomic E-state index is 0.0769. The largest absolute Gasteiger partial charge is 0.324 e. The van der Waals surface area contributed by atoms with E-state index in [1.165, 1.54) is 0 Å². The summed E-state index contributed by atoms with van der Waals surface area (Å²) in [6, 6.07) is 17.0. The molecule has 2 aromatic rings. The molecule has 0 fully saturated rings. The summed E-state index contributed by atoms with van der Waals surface area (Å²) in [6.07, 6.45) is 1.75. The number of hydrogen-bond acceptors (Lipinski definition) is 2. The normalized spacial score (nSPS) is 11.7. The maximum Gasteiger partial charge on any atom is 0.246 e. The maximum atomic E-state index is 12.5. The summed E-state index contributed by atoms with van der Waals surface area (Å²) in [6.45, 7) is 6.27. The van der Waals surface area contributed by atoms with Crippen molar-refractivity contribution >= 4 is 11.6 Å². The molecule has 108 valence electrons. The summed E-state index contributed by atoms with van der Waals surface area (Å²) in [5.74, 6) is -0.0769. The van der Waals surface area contributed by atoms with Crippen molar-refractivity contribution in [3.8, 4) is 0 Å². The fraction of sp³-hybridized carbons (Fsp3) is 0.167. The Morgan fingerprint density at radius 2 is 1.81 bits per heavy atom. The Balaban J connectivity index is 2.14. The van der Waals surface area contributed by atoms with Gasteiger partial charge >= 0.3 is 0 Å². The Morgan fingerprint density at radius 1 is 1.14 bits per heavy atom.